The number of nitrogens with one attached hydrogen (secondary N) is 2. The quantitative estimate of drug-likeness (QED) is 0.719. The molecule has 0 atom stereocenters. The molecule has 2 N–H and O–H groups in total. The van der Waals surface area contributed by atoms with Crippen molar-refractivity contribution in [3.8, 4) is 5.75 Å². The lowest BCUT2D eigenvalue weighted by Crippen LogP contribution is -2.39. The van der Waals surface area contributed by atoms with Crippen LogP contribution in [-0.4, -0.2) is 22.6 Å². The first-order valence-corrected chi connectivity index (χ1v) is 8.01. The average Bonchev–Trinajstić information content (AvgIpc) is 2.66. The van der Waals surface area contributed by atoms with Crippen LogP contribution in [-0.2, 0) is 6.54 Å². The van der Waals surface area contributed by atoms with Gasteiger partial charge in [0.2, 0.25) is 0 Å². The summed E-state index contributed by atoms with van der Waals surface area (Å²) in [5, 5.41) is 2.57. The lowest BCUT2D eigenvalue weighted by molar-refractivity contribution is 0.102. The molecule has 7 nitrogen and oxygen atoms in total. The van der Waals surface area contributed by atoms with Crippen molar-refractivity contribution in [1.29, 1.82) is 0 Å². The molecule has 1 amide bonds. The molecule has 138 valence electrons. The molecule has 0 spiro atoms. The van der Waals surface area contributed by atoms with Gasteiger partial charge in [0.05, 0.1) is 13.7 Å². The molecule has 3 aromatic rings. The van der Waals surface area contributed by atoms with E-state index in [0.29, 0.717) is 11.4 Å². The van der Waals surface area contributed by atoms with Gasteiger partial charge in [0.1, 0.15) is 17.1 Å². The van der Waals surface area contributed by atoms with Gasteiger partial charge in [-0.15, -0.1) is 0 Å². The van der Waals surface area contributed by atoms with E-state index in [1.807, 2.05) is 0 Å². The molecule has 0 aliphatic heterocycles. The van der Waals surface area contributed by atoms with Crippen LogP contribution in [0.5, 0.6) is 5.75 Å². The number of anilines is 1. The number of amides is 1. The van der Waals surface area contributed by atoms with E-state index < -0.39 is 23.0 Å². The Kier molecular flexibility index (Phi) is 5.16. The molecule has 27 heavy (non-hydrogen) atoms. The number of benzene rings is 2. The standard InChI is InChI=1S/C19H16FN3O4/c1-27-14-7-4-6-13(9-14)22-17(24)15-10-21-19(26)23(18(15)25)11-12-5-2-3-8-16(12)20/h2-10H,11H2,1H3,(H,21,26)(H,22,24). The minimum atomic E-state index is -0.817. The fourth-order valence-corrected chi connectivity index (χ4v) is 2.51. The van der Waals surface area contributed by atoms with Crippen LogP contribution in [0, 0.1) is 5.82 Å². The zero-order valence-corrected chi connectivity index (χ0v) is 14.4. The minimum absolute atomic E-state index is 0.162. The van der Waals surface area contributed by atoms with Gasteiger partial charge in [-0.1, -0.05) is 24.3 Å². The van der Waals surface area contributed by atoms with Crippen LogP contribution in [0.15, 0.2) is 64.3 Å². The van der Waals surface area contributed by atoms with Gasteiger partial charge in [0, 0.05) is 23.5 Å². The second-order valence-electron chi connectivity index (χ2n) is 5.68. The maximum Gasteiger partial charge on any atom is 0.328 e. The van der Waals surface area contributed by atoms with E-state index in [2.05, 4.69) is 10.3 Å². The highest BCUT2D eigenvalue weighted by Crippen LogP contribution is 2.17. The number of aromatic nitrogens is 2. The molecule has 0 fully saturated rings. The van der Waals surface area contributed by atoms with Gasteiger partial charge >= 0.3 is 5.69 Å². The van der Waals surface area contributed by atoms with E-state index in [-0.39, 0.29) is 17.7 Å². The zero-order valence-electron chi connectivity index (χ0n) is 14.4. The molecular weight excluding hydrogens is 353 g/mol. The van der Waals surface area contributed by atoms with Gasteiger partial charge in [0.25, 0.3) is 11.5 Å². The largest absolute Gasteiger partial charge is 0.497 e. The molecular formula is C19H16FN3O4. The first kappa shape index (κ1) is 18.1. The van der Waals surface area contributed by atoms with Crippen molar-refractivity contribution in [3.05, 3.63) is 92.5 Å². The topological polar surface area (TPSA) is 93.2 Å². The second-order valence-corrected chi connectivity index (χ2v) is 5.68. The third-order valence-corrected chi connectivity index (χ3v) is 3.92. The predicted octanol–water partition coefficient (Wildman–Crippen LogP) is 1.98. The van der Waals surface area contributed by atoms with Gasteiger partial charge in [-0.05, 0) is 18.2 Å². The summed E-state index contributed by atoms with van der Waals surface area (Å²) >= 11 is 0. The Bertz CT molecular complexity index is 1100. The van der Waals surface area contributed by atoms with Gasteiger partial charge in [-0.25, -0.2) is 9.18 Å². The van der Waals surface area contributed by atoms with Crippen molar-refractivity contribution in [1.82, 2.24) is 9.55 Å². The van der Waals surface area contributed by atoms with E-state index >= 15 is 0 Å². The number of methoxy groups -OCH3 is 1. The number of H-pyrrole nitrogens is 1. The molecule has 0 saturated carbocycles. The molecule has 1 aromatic heterocycles. The third-order valence-electron chi connectivity index (χ3n) is 3.92. The van der Waals surface area contributed by atoms with Crippen LogP contribution < -0.4 is 21.3 Å². The normalized spacial score (nSPS) is 10.4. The minimum Gasteiger partial charge on any atom is -0.497 e. The zero-order chi connectivity index (χ0) is 19.4. The molecule has 1 heterocycles. The first-order chi connectivity index (χ1) is 13.0. The van der Waals surface area contributed by atoms with Crippen molar-refractivity contribution >= 4 is 11.6 Å². The Labute approximate surface area is 153 Å². The highest BCUT2D eigenvalue weighted by Gasteiger charge is 2.16. The van der Waals surface area contributed by atoms with E-state index in [1.165, 1.54) is 25.3 Å². The summed E-state index contributed by atoms with van der Waals surface area (Å²) in [5.41, 5.74) is -1.24. The second kappa shape index (κ2) is 7.69. The number of aromatic amines is 1. The molecule has 0 aliphatic carbocycles. The predicted molar refractivity (Wildman–Crippen MR) is 97.8 cm³/mol. The van der Waals surface area contributed by atoms with Crippen molar-refractivity contribution in [2.75, 3.05) is 12.4 Å². The van der Waals surface area contributed by atoms with E-state index in [1.54, 1.807) is 30.3 Å². The van der Waals surface area contributed by atoms with E-state index in [4.69, 9.17) is 4.74 Å². The van der Waals surface area contributed by atoms with Gasteiger partial charge in [-0.2, -0.15) is 0 Å². The summed E-state index contributed by atoms with van der Waals surface area (Å²) in [6.45, 7) is -0.291. The SMILES string of the molecule is COc1cccc(NC(=O)c2c[nH]c(=O)n(Cc3ccccc3F)c2=O)c1. The summed E-state index contributed by atoms with van der Waals surface area (Å²) in [7, 11) is 1.49. The summed E-state index contributed by atoms with van der Waals surface area (Å²) in [6, 6.07) is 12.4. The number of carbonyl (C=O) groups excluding carboxylic acids is 1. The lowest BCUT2D eigenvalue weighted by atomic mass is 10.2. The first-order valence-electron chi connectivity index (χ1n) is 8.01. The summed E-state index contributed by atoms with van der Waals surface area (Å²) in [6.07, 6.45) is 1.04. The molecule has 8 heteroatoms. The molecule has 0 aliphatic rings. The molecule has 0 radical (unpaired) electrons. The third kappa shape index (κ3) is 3.95. The van der Waals surface area contributed by atoms with Crippen LogP contribution in [0.1, 0.15) is 15.9 Å². The van der Waals surface area contributed by atoms with Crippen molar-refractivity contribution in [2.24, 2.45) is 0 Å². The van der Waals surface area contributed by atoms with E-state index in [9.17, 15) is 18.8 Å². The maximum atomic E-state index is 13.8. The van der Waals surface area contributed by atoms with Crippen LogP contribution in [0.4, 0.5) is 10.1 Å². The Morgan fingerprint density at radius 2 is 1.96 bits per heavy atom. The molecule has 0 saturated heterocycles. The lowest BCUT2D eigenvalue weighted by Gasteiger charge is -2.09. The van der Waals surface area contributed by atoms with Gasteiger partial charge < -0.3 is 15.0 Å². The molecule has 0 unspecified atom stereocenters. The number of hydrogen-bond donors (Lipinski definition) is 2. The van der Waals surface area contributed by atoms with Crippen LogP contribution in [0.2, 0.25) is 0 Å². The van der Waals surface area contributed by atoms with E-state index in [0.717, 1.165) is 10.8 Å². The summed E-state index contributed by atoms with van der Waals surface area (Å²) in [5.74, 6) is -0.715. The Morgan fingerprint density at radius 1 is 1.19 bits per heavy atom. The highest BCUT2D eigenvalue weighted by atomic mass is 19.1. The molecule has 0 bridgehead atoms. The Balaban J connectivity index is 1.92. The van der Waals surface area contributed by atoms with Gasteiger partial charge in [0.15, 0.2) is 0 Å². The van der Waals surface area contributed by atoms with Crippen molar-refractivity contribution in [3.63, 3.8) is 0 Å². The Morgan fingerprint density at radius 3 is 2.70 bits per heavy atom. The number of ether oxygens (including phenoxy) is 1. The Hall–Kier alpha value is -3.68. The monoisotopic (exact) mass is 369 g/mol. The summed E-state index contributed by atoms with van der Waals surface area (Å²) < 4.78 is 19.7. The average molecular weight is 369 g/mol. The van der Waals surface area contributed by atoms with Gasteiger partial charge in [-0.3, -0.25) is 14.2 Å². The van der Waals surface area contributed by atoms with Crippen LogP contribution in [0.25, 0.3) is 0 Å². The molecule has 2 aromatic carbocycles. The van der Waals surface area contributed by atoms with Crippen LogP contribution in [0.3, 0.4) is 0 Å². The maximum absolute atomic E-state index is 13.8. The highest BCUT2D eigenvalue weighted by molar-refractivity contribution is 6.03. The number of carbonyl (C=O) groups is 1. The number of nitrogens with zero attached hydrogens (tertiary/aromatic N) is 1. The van der Waals surface area contributed by atoms with Crippen molar-refractivity contribution < 1.29 is 13.9 Å². The fraction of sp³-hybridized carbons (Fsp3) is 0.105. The van der Waals surface area contributed by atoms with Crippen LogP contribution >= 0.6 is 0 Å². The summed E-state index contributed by atoms with van der Waals surface area (Å²) in [4.78, 5) is 39.4. The smallest absolute Gasteiger partial charge is 0.328 e. The number of rotatable bonds is 5. The number of halogens is 1. The number of hydrogen-bond acceptors (Lipinski definition) is 4. The molecule has 3 rings (SSSR count). The van der Waals surface area contributed by atoms with Crippen molar-refractivity contribution in [2.45, 2.75) is 6.54 Å². The fourth-order valence-electron chi connectivity index (χ4n) is 2.51.